The van der Waals surface area contributed by atoms with Crippen LogP contribution in [0.5, 0.6) is 11.6 Å². The monoisotopic (exact) mass is 432 g/mol. The van der Waals surface area contributed by atoms with Gasteiger partial charge in [0.2, 0.25) is 11.8 Å². The van der Waals surface area contributed by atoms with Crippen molar-refractivity contribution in [2.75, 3.05) is 27.7 Å². The third-order valence-corrected chi connectivity index (χ3v) is 4.38. The lowest BCUT2D eigenvalue weighted by atomic mass is 10.2. The Labute approximate surface area is 176 Å². The molecule has 0 fully saturated rings. The number of hydrogen-bond donors (Lipinski definition) is 0. The first kappa shape index (κ1) is 22.0. The number of benzene rings is 1. The predicted octanol–water partition coefficient (Wildman–Crippen LogP) is 3.60. The molecule has 0 aliphatic carbocycles. The van der Waals surface area contributed by atoms with Crippen molar-refractivity contribution < 1.29 is 27.5 Å². The van der Waals surface area contributed by atoms with E-state index in [0.717, 1.165) is 12.1 Å². The summed E-state index contributed by atoms with van der Waals surface area (Å²) >= 11 is 0. The summed E-state index contributed by atoms with van der Waals surface area (Å²) in [6.07, 6.45) is -3.77. The molecular formula is C21H19F3N4O3. The van der Waals surface area contributed by atoms with Crippen molar-refractivity contribution in [3.05, 3.63) is 59.9 Å². The summed E-state index contributed by atoms with van der Waals surface area (Å²) in [5.41, 5.74) is -0.164. The van der Waals surface area contributed by atoms with Crippen LogP contribution < -0.4 is 4.74 Å². The van der Waals surface area contributed by atoms with Crippen molar-refractivity contribution in [1.29, 1.82) is 0 Å². The molecule has 0 bridgehead atoms. The Morgan fingerprint density at radius 3 is 2.39 bits per heavy atom. The van der Waals surface area contributed by atoms with Crippen molar-refractivity contribution in [3.63, 3.8) is 0 Å². The van der Waals surface area contributed by atoms with E-state index >= 15 is 0 Å². The van der Waals surface area contributed by atoms with Gasteiger partial charge in [-0.2, -0.15) is 13.2 Å². The van der Waals surface area contributed by atoms with Gasteiger partial charge in [-0.05, 0) is 30.3 Å². The highest BCUT2D eigenvalue weighted by molar-refractivity contribution is 5.96. The highest BCUT2D eigenvalue weighted by Crippen LogP contribution is 2.30. The van der Waals surface area contributed by atoms with E-state index in [1.165, 1.54) is 22.9 Å². The summed E-state index contributed by atoms with van der Waals surface area (Å²) < 4.78 is 43.4. The van der Waals surface area contributed by atoms with Gasteiger partial charge in [-0.3, -0.25) is 9.59 Å². The quantitative estimate of drug-likeness (QED) is 0.616. The molecule has 10 heteroatoms. The number of halogens is 3. The van der Waals surface area contributed by atoms with Crippen LogP contribution in [-0.2, 0) is 11.0 Å². The number of ether oxygens (including phenoxy) is 1. The lowest BCUT2D eigenvalue weighted by Gasteiger charge is -2.19. The van der Waals surface area contributed by atoms with Gasteiger partial charge in [0.15, 0.2) is 0 Å². The lowest BCUT2D eigenvalue weighted by molar-refractivity contribution is -0.137. The van der Waals surface area contributed by atoms with Crippen molar-refractivity contribution in [2.24, 2.45) is 0 Å². The number of alkyl halides is 3. The number of aromatic nitrogens is 2. The van der Waals surface area contributed by atoms with E-state index in [4.69, 9.17) is 4.74 Å². The summed E-state index contributed by atoms with van der Waals surface area (Å²) in [7, 11) is 4.73. The van der Waals surface area contributed by atoms with Crippen molar-refractivity contribution >= 4 is 22.7 Å². The van der Waals surface area contributed by atoms with Gasteiger partial charge in [0.05, 0.1) is 17.6 Å². The minimum atomic E-state index is -4.47. The molecule has 0 saturated carbocycles. The Balaban J connectivity index is 1.75. The molecule has 0 aliphatic heterocycles. The minimum Gasteiger partial charge on any atom is -0.439 e. The van der Waals surface area contributed by atoms with Gasteiger partial charge in [-0.15, -0.1) is 0 Å². The highest BCUT2D eigenvalue weighted by Gasteiger charge is 2.30. The molecule has 2 amide bonds. The van der Waals surface area contributed by atoms with Crippen LogP contribution in [0, 0.1) is 0 Å². The SMILES string of the molecule is CN(C)C(=O)CN(C)C(=O)c1ccc2cc(Oc3ccc(C(F)(F)F)cn3)ccc2n1. The molecule has 0 atom stereocenters. The number of amides is 2. The van der Waals surface area contributed by atoms with Gasteiger partial charge in [-0.25, -0.2) is 9.97 Å². The second-order valence-electron chi connectivity index (χ2n) is 6.99. The summed E-state index contributed by atoms with van der Waals surface area (Å²) in [4.78, 5) is 35.0. The Morgan fingerprint density at radius 1 is 1.03 bits per heavy atom. The fraction of sp³-hybridized carbons (Fsp3) is 0.238. The van der Waals surface area contributed by atoms with Crippen LogP contribution in [0.2, 0.25) is 0 Å². The lowest BCUT2D eigenvalue weighted by Crippen LogP contribution is -2.38. The molecule has 0 N–H and O–H groups in total. The number of nitrogens with zero attached hydrogens (tertiary/aromatic N) is 4. The second-order valence-corrected chi connectivity index (χ2v) is 6.99. The van der Waals surface area contributed by atoms with Crippen molar-refractivity contribution in [2.45, 2.75) is 6.18 Å². The predicted molar refractivity (Wildman–Crippen MR) is 107 cm³/mol. The van der Waals surface area contributed by atoms with Crippen LogP contribution >= 0.6 is 0 Å². The van der Waals surface area contributed by atoms with E-state index in [0.29, 0.717) is 22.8 Å². The smallest absolute Gasteiger partial charge is 0.417 e. The largest absolute Gasteiger partial charge is 0.439 e. The third-order valence-electron chi connectivity index (χ3n) is 4.38. The fourth-order valence-electron chi connectivity index (χ4n) is 2.63. The van der Waals surface area contributed by atoms with Crippen molar-refractivity contribution in [1.82, 2.24) is 19.8 Å². The van der Waals surface area contributed by atoms with Crippen LogP contribution in [-0.4, -0.2) is 59.3 Å². The molecule has 0 saturated heterocycles. The first-order valence-corrected chi connectivity index (χ1v) is 9.12. The maximum Gasteiger partial charge on any atom is 0.417 e. The maximum atomic E-state index is 12.6. The zero-order valence-electron chi connectivity index (χ0n) is 17.0. The number of fused-ring (bicyclic) bond motifs is 1. The molecule has 31 heavy (non-hydrogen) atoms. The number of likely N-dealkylation sites (N-methyl/N-ethyl adjacent to an activating group) is 2. The normalized spacial score (nSPS) is 11.3. The van der Waals surface area contributed by atoms with E-state index in [1.807, 2.05) is 0 Å². The van der Waals surface area contributed by atoms with E-state index in [1.54, 1.807) is 38.4 Å². The van der Waals surface area contributed by atoms with Crippen LogP contribution in [0.4, 0.5) is 13.2 Å². The molecule has 0 spiro atoms. The van der Waals surface area contributed by atoms with E-state index in [9.17, 15) is 22.8 Å². The summed E-state index contributed by atoms with van der Waals surface area (Å²) in [6.45, 7) is -0.0710. The van der Waals surface area contributed by atoms with Crippen LogP contribution in [0.3, 0.4) is 0 Å². The number of rotatable bonds is 5. The van der Waals surface area contributed by atoms with Crippen LogP contribution in [0.1, 0.15) is 16.1 Å². The van der Waals surface area contributed by atoms with E-state index in [2.05, 4.69) is 9.97 Å². The highest BCUT2D eigenvalue weighted by atomic mass is 19.4. The Morgan fingerprint density at radius 2 is 1.77 bits per heavy atom. The molecule has 0 aliphatic rings. The topological polar surface area (TPSA) is 75.6 Å². The molecule has 0 radical (unpaired) electrons. The number of carbonyl (C=O) groups is 2. The first-order valence-electron chi connectivity index (χ1n) is 9.12. The molecule has 162 valence electrons. The molecule has 3 aromatic rings. The van der Waals surface area contributed by atoms with E-state index in [-0.39, 0.29) is 24.0 Å². The Bertz CT molecular complexity index is 1120. The zero-order valence-corrected chi connectivity index (χ0v) is 17.0. The average molecular weight is 432 g/mol. The standard InChI is InChI=1S/C21H19F3N4O3/c1-27(2)19(29)12-28(3)20(30)17-7-4-13-10-15(6-8-16(13)26-17)31-18-9-5-14(11-25-18)21(22,23)24/h4-11H,12H2,1-3H3. The van der Waals surface area contributed by atoms with Gasteiger partial charge in [0.25, 0.3) is 5.91 Å². The minimum absolute atomic E-state index is 0.0132. The van der Waals surface area contributed by atoms with Gasteiger partial charge in [0.1, 0.15) is 11.4 Å². The zero-order chi connectivity index (χ0) is 22.8. The summed E-state index contributed by atoms with van der Waals surface area (Å²) in [5, 5.41) is 0.660. The summed E-state index contributed by atoms with van der Waals surface area (Å²) in [5.74, 6) is -0.240. The number of pyridine rings is 2. The van der Waals surface area contributed by atoms with E-state index < -0.39 is 17.6 Å². The van der Waals surface area contributed by atoms with Gasteiger partial charge in [0, 0.05) is 38.8 Å². The Kier molecular flexibility index (Phi) is 6.09. The second kappa shape index (κ2) is 8.58. The van der Waals surface area contributed by atoms with Crippen molar-refractivity contribution in [3.8, 4) is 11.6 Å². The summed E-state index contributed by atoms with van der Waals surface area (Å²) in [6, 6.07) is 10.1. The van der Waals surface area contributed by atoms with Gasteiger partial charge in [-0.1, -0.05) is 6.07 Å². The Hall–Kier alpha value is -3.69. The van der Waals surface area contributed by atoms with Crippen LogP contribution in [0.15, 0.2) is 48.7 Å². The molecular weight excluding hydrogens is 413 g/mol. The molecule has 7 nitrogen and oxygen atoms in total. The molecule has 2 heterocycles. The molecule has 0 unspecified atom stereocenters. The third kappa shape index (κ3) is 5.27. The average Bonchev–Trinajstić information content (AvgIpc) is 2.72. The molecule has 3 rings (SSSR count). The first-order chi connectivity index (χ1) is 14.5. The van der Waals surface area contributed by atoms with Crippen LogP contribution in [0.25, 0.3) is 10.9 Å². The number of carbonyl (C=O) groups excluding carboxylic acids is 2. The number of hydrogen-bond acceptors (Lipinski definition) is 5. The fourth-order valence-corrected chi connectivity index (χ4v) is 2.63. The van der Waals surface area contributed by atoms with Gasteiger partial charge >= 0.3 is 6.18 Å². The molecule has 1 aromatic carbocycles. The van der Waals surface area contributed by atoms with Gasteiger partial charge < -0.3 is 14.5 Å². The maximum absolute atomic E-state index is 12.6. The molecule has 2 aromatic heterocycles.